The second-order valence-electron chi connectivity index (χ2n) is 6.14. The molecule has 0 aliphatic carbocycles. The summed E-state index contributed by atoms with van der Waals surface area (Å²) < 4.78 is 19.2. The zero-order chi connectivity index (χ0) is 19.6. The van der Waals surface area contributed by atoms with E-state index in [9.17, 15) is 24.2 Å². The van der Waals surface area contributed by atoms with Crippen molar-refractivity contribution in [1.29, 1.82) is 0 Å². The Morgan fingerprint density at radius 1 is 1.26 bits per heavy atom. The predicted octanol–water partition coefficient (Wildman–Crippen LogP) is -1.06. The topological polar surface area (TPSA) is 140 Å². The third kappa shape index (κ3) is 4.13. The summed E-state index contributed by atoms with van der Waals surface area (Å²) in [6.07, 6.45) is -3.94. The van der Waals surface area contributed by atoms with Gasteiger partial charge < -0.3 is 26.0 Å². The van der Waals surface area contributed by atoms with E-state index in [0.29, 0.717) is 6.42 Å². The van der Waals surface area contributed by atoms with Gasteiger partial charge in [0, 0.05) is 12.7 Å². The highest BCUT2D eigenvalue weighted by Gasteiger charge is 2.47. The zero-order valence-electron chi connectivity index (χ0n) is 14.2. The van der Waals surface area contributed by atoms with Crippen LogP contribution in [0.3, 0.4) is 0 Å². The number of hydrogen-bond donors (Lipinski definition) is 4. The number of carbonyl (C=O) groups excluding carboxylic acids is 1. The Morgan fingerprint density at radius 3 is 2.63 bits per heavy atom. The number of carbonyl (C=O) groups is 1. The lowest BCUT2D eigenvalue weighted by Gasteiger charge is -2.16. The van der Waals surface area contributed by atoms with Gasteiger partial charge in [-0.15, -0.1) is 0 Å². The first kappa shape index (κ1) is 19.0. The van der Waals surface area contributed by atoms with Crippen LogP contribution in [-0.2, 0) is 16.0 Å². The lowest BCUT2D eigenvalue weighted by Crippen LogP contribution is -2.43. The van der Waals surface area contributed by atoms with Crippen molar-refractivity contribution in [2.45, 2.75) is 31.0 Å². The highest BCUT2D eigenvalue weighted by Crippen LogP contribution is 2.28. The Balaban J connectivity index is 1.61. The molecule has 1 amide bonds. The van der Waals surface area contributed by atoms with Crippen molar-refractivity contribution < 1.29 is 24.1 Å². The summed E-state index contributed by atoms with van der Waals surface area (Å²) in [6.45, 7) is 0.223. The van der Waals surface area contributed by atoms with Crippen molar-refractivity contribution in [2.24, 2.45) is 0 Å². The molecule has 1 aromatic heterocycles. The van der Waals surface area contributed by atoms with Gasteiger partial charge in [0.1, 0.15) is 23.8 Å². The molecule has 144 valence electrons. The fourth-order valence-corrected chi connectivity index (χ4v) is 2.81. The number of nitrogens with one attached hydrogen (secondary N) is 1. The Labute approximate surface area is 153 Å². The molecule has 1 aliphatic rings. The molecule has 1 fully saturated rings. The van der Waals surface area contributed by atoms with E-state index in [-0.39, 0.29) is 18.2 Å². The zero-order valence-corrected chi connectivity index (χ0v) is 14.2. The number of aliphatic hydroxyl groups is 2. The number of ether oxygens (including phenoxy) is 1. The molecule has 10 heteroatoms. The average Bonchev–Trinajstić information content (AvgIpc) is 2.92. The van der Waals surface area contributed by atoms with Crippen LogP contribution in [0.25, 0.3) is 0 Å². The molecular formula is C17H19FN4O5. The molecule has 0 saturated carbocycles. The fraction of sp³-hybridized carbons (Fsp3) is 0.353. The van der Waals surface area contributed by atoms with Crippen molar-refractivity contribution in [1.82, 2.24) is 14.9 Å². The summed E-state index contributed by atoms with van der Waals surface area (Å²) >= 11 is 0. The third-order valence-corrected chi connectivity index (χ3v) is 4.25. The number of amides is 1. The van der Waals surface area contributed by atoms with Crippen LogP contribution in [0.5, 0.6) is 0 Å². The largest absolute Gasteiger partial charge is 0.387 e. The maximum absolute atomic E-state index is 12.9. The van der Waals surface area contributed by atoms with Crippen LogP contribution in [0, 0.1) is 5.82 Å². The van der Waals surface area contributed by atoms with Crippen LogP contribution in [-0.4, -0.2) is 50.5 Å². The number of aliphatic hydroxyl groups excluding tert-OH is 2. The van der Waals surface area contributed by atoms with Gasteiger partial charge in [0.05, 0.1) is 0 Å². The minimum atomic E-state index is -1.52. The Hall–Kier alpha value is -2.82. The van der Waals surface area contributed by atoms with Gasteiger partial charge >= 0.3 is 5.69 Å². The van der Waals surface area contributed by atoms with E-state index in [1.807, 2.05) is 0 Å². The lowest BCUT2D eigenvalue weighted by molar-refractivity contribution is -0.137. The summed E-state index contributed by atoms with van der Waals surface area (Å²) in [5.41, 5.74) is 5.46. The number of anilines is 1. The molecule has 1 aromatic carbocycles. The van der Waals surface area contributed by atoms with Crippen molar-refractivity contribution in [2.75, 3.05) is 12.3 Å². The van der Waals surface area contributed by atoms with E-state index in [4.69, 9.17) is 10.5 Å². The molecule has 1 saturated heterocycles. The quantitative estimate of drug-likeness (QED) is 0.520. The number of hydrogen-bond acceptors (Lipinski definition) is 7. The minimum Gasteiger partial charge on any atom is -0.387 e. The number of benzene rings is 1. The van der Waals surface area contributed by atoms with Crippen LogP contribution in [0.4, 0.5) is 10.2 Å². The number of halogens is 1. The first-order chi connectivity index (χ1) is 12.9. The lowest BCUT2D eigenvalue weighted by atomic mass is 10.1. The van der Waals surface area contributed by atoms with E-state index >= 15 is 0 Å². The molecule has 0 radical (unpaired) electrons. The van der Waals surface area contributed by atoms with Gasteiger partial charge in [-0.2, -0.15) is 4.98 Å². The molecule has 27 heavy (non-hydrogen) atoms. The molecule has 9 nitrogen and oxygen atoms in total. The smallest absolute Gasteiger partial charge is 0.351 e. The monoisotopic (exact) mass is 378 g/mol. The normalized spacial score (nSPS) is 24.7. The molecule has 0 unspecified atom stereocenters. The molecule has 2 heterocycles. The van der Waals surface area contributed by atoms with E-state index in [2.05, 4.69) is 10.3 Å². The van der Waals surface area contributed by atoms with Gasteiger partial charge in [0.15, 0.2) is 12.3 Å². The summed E-state index contributed by atoms with van der Waals surface area (Å²) in [6, 6.07) is 7.17. The van der Waals surface area contributed by atoms with E-state index in [1.54, 1.807) is 12.1 Å². The number of nitrogens with zero attached hydrogens (tertiary/aromatic N) is 2. The van der Waals surface area contributed by atoms with Gasteiger partial charge in [-0.25, -0.2) is 9.18 Å². The van der Waals surface area contributed by atoms with Crippen molar-refractivity contribution in [3.05, 3.63) is 58.4 Å². The van der Waals surface area contributed by atoms with E-state index in [0.717, 1.165) is 10.1 Å². The molecule has 0 bridgehead atoms. The third-order valence-electron chi connectivity index (χ3n) is 4.25. The SMILES string of the molecule is Nc1ccn([C@@H]2O[C@H](C(=O)NCCc3ccc(F)cc3)[C@@H](O)[C@H]2O)c(=O)n1. The summed E-state index contributed by atoms with van der Waals surface area (Å²) in [5.74, 6) is -0.986. The van der Waals surface area contributed by atoms with Gasteiger partial charge in [0.25, 0.3) is 5.91 Å². The Kier molecular flexibility index (Phi) is 5.49. The molecule has 5 N–H and O–H groups in total. The van der Waals surface area contributed by atoms with E-state index in [1.165, 1.54) is 24.4 Å². The highest BCUT2D eigenvalue weighted by atomic mass is 19.1. The number of rotatable bonds is 5. The summed E-state index contributed by atoms with van der Waals surface area (Å²) in [4.78, 5) is 27.7. The van der Waals surface area contributed by atoms with Crippen LogP contribution in [0.2, 0.25) is 0 Å². The second kappa shape index (κ2) is 7.82. The van der Waals surface area contributed by atoms with Crippen LogP contribution in [0.1, 0.15) is 11.8 Å². The first-order valence-corrected chi connectivity index (χ1v) is 8.25. The van der Waals surface area contributed by atoms with E-state index < -0.39 is 36.1 Å². The van der Waals surface area contributed by atoms with Gasteiger partial charge in [-0.05, 0) is 30.2 Å². The van der Waals surface area contributed by atoms with Crippen LogP contribution < -0.4 is 16.7 Å². The minimum absolute atomic E-state index is 0.000582. The molecule has 0 spiro atoms. The Bertz CT molecular complexity index is 872. The van der Waals surface area contributed by atoms with Crippen LogP contribution in [0.15, 0.2) is 41.3 Å². The van der Waals surface area contributed by atoms with Crippen molar-refractivity contribution in [3.8, 4) is 0 Å². The Morgan fingerprint density at radius 2 is 1.96 bits per heavy atom. The molecule has 1 aliphatic heterocycles. The van der Waals surface area contributed by atoms with Crippen molar-refractivity contribution >= 4 is 11.7 Å². The maximum atomic E-state index is 12.9. The standard InChI is InChI=1S/C17H19FN4O5/c18-10-3-1-9(2-4-10)5-7-20-15(25)14-12(23)13(24)16(27-14)22-8-6-11(19)21-17(22)26/h1-4,6,8,12-14,16,23-24H,5,7H2,(H,20,25)(H2,19,21,26)/t12-,13+,14-,16+/m0/s1. The molecule has 3 rings (SSSR count). The van der Waals surface area contributed by atoms with Gasteiger partial charge in [0.2, 0.25) is 0 Å². The van der Waals surface area contributed by atoms with Crippen LogP contribution >= 0.6 is 0 Å². The summed E-state index contributed by atoms with van der Waals surface area (Å²) in [7, 11) is 0. The number of nitrogen functional groups attached to an aromatic ring is 1. The molecular weight excluding hydrogens is 359 g/mol. The molecule has 4 atom stereocenters. The van der Waals surface area contributed by atoms with Gasteiger partial charge in [-0.1, -0.05) is 12.1 Å². The summed E-state index contributed by atoms with van der Waals surface area (Å²) in [5, 5.41) is 22.8. The average molecular weight is 378 g/mol. The second-order valence-corrected chi connectivity index (χ2v) is 6.14. The predicted molar refractivity (Wildman–Crippen MR) is 91.9 cm³/mol. The number of aromatic nitrogens is 2. The highest BCUT2D eigenvalue weighted by molar-refractivity contribution is 5.81. The fourth-order valence-electron chi connectivity index (χ4n) is 2.81. The number of nitrogens with two attached hydrogens (primary N) is 1. The van der Waals surface area contributed by atoms with Crippen molar-refractivity contribution in [3.63, 3.8) is 0 Å². The van der Waals surface area contributed by atoms with Gasteiger partial charge in [-0.3, -0.25) is 9.36 Å². The maximum Gasteiger partial charge on any atom is 0.351 e. The molecule has 2 aromatic rings. The first-order valence-electron chi connectivity index (χ1n) is 8.25.